The first-order chi connectivity index (χ1) is 18.4. The van der Waals surface area contributed by atoms with Gasteiger partial charge in [-0.05, 0) is 55.8 Å². The molecular weight excluding hydrogens is 523 g/mol. The molecule has 0 aliphatic carbocycles. The molecule has 1 aromatic heterocycles. The maximum Gasteiger partial charge on any atom is 0.266 e. The number of carbonyl (C=O) groups is 2. The number of imide groups is 1. The molecule has 7 nitrogen and oxygen atoms in total. The summed E-state index contributed by atoms with van der Waals surface area (Å²) in [5, 5.41) is 1.14. The standard InChI is InChI=1S/C29H20Cl2N4O3/c30-18-12-11-15(14-19(18)31)34-26(37)23-22-10-5-13-33(22)29(24(23)27(34)38)17-7-2-4-9-21(17)35-25(36)16-6-1-3-8-20(16)32-28(29)35/h1-4,6-9,11-12,14,22-24H,5,10,13H2. The van der Waals surface area contributed by atoms with Crippen LogP contribution >= 0.6 is 23.2 Å². The average molecular weight is 543 g/mol. The zero-order valence-corrected chi connectivity index (χ0v) is 21.5. The molecule has 4 aromatic rings. The Morgan fingerprint density at radius 2 is 1.68 bits per heavy atom. The monoisotopic (exact) mass is 542 g/mol. The lowest BCUT2D eigenvalue weighted by atomic mass is 9.75. The highest BCUT2D eigenvalue weighted by Crippen LogP contribution is 2.62. The van der Waals surface area contributed by atoms with Crippen molar-refractivity contribution in [2.75, 3.05) is 11.4 Å². The zero-order chi connectivity index (χ0) is 25.9. The van der Waals surface area contributed by atoms with Gasteiger partial charge < -0.3 is 0 Å². The molecule has 9 heteroatoms. The van der Waals surface area contributed by atoms with Crippen molar-refractivity contribution in [2.24, 2.45) is 11.8 Å². The van der Waals surface area contributed by atoms with Crippen LogP contribution in [-0.4, -0.2) is 38.9 Å². The van der Waals surface area contributed by atoms with Crippen molar-refractivity contribution in [3.05, 3.63) is 98.5 Å². The third kappa shape index (κ3) is 2.50. The van der Waals surface area contributed by atoms with Gasteiger partial charge in [0.25, 0.3) is 5.56 Å². The third-order valence-electron chi connectivity index (χ3n) is 8.80. The first-order valence-corrected chi connectivity index (χ1v) is 13.4. The van der Waals surface area contributed by atoms with E-state index in [9.17, 15) is 14.4 Å². The minimum atomic E-state index is -1.04. The quantitative estimate of drug-likeness (QED) is 0.330. The van der Waals surface area contributed by atoms with Crippen molar-refractivity contribution < 1.29 is 9.59 Å². The molecule has 4 unspecified atom stereocenters. The molecule has 3 saturated heterocycles. The minimum Gasteiger partial charge on any atom is -0.283 e. The number of rotatable bonds is 1. The maximum atomic E-state index is 14.4. The number of carbonyl (C=O) groups excluding carboxylic acids is 2. The van der Waals surface area contributed by atoms with Gasteiger partial charge in [-0.3, -0.25) is 23.9 Å². The van der Waals surface area contributed by atoms with E-state index in [-0.39, 0.29) is 28.4 Å². The van der Waals surface area contributed by atoms with E-state index < -0.39 is 17.4 Å². The fourth-order valence-electron chi connectivity index (χ4n) is 7.49. The Balaban J connectivity index is 1.44. The maximum absolute atomic E-state index is 14.4. The van der Waals surface area contributed by atoms with Gasteiger partial charge in [-0.1, -0.05) is 53.5 Å². The molecule has 3 fully saturated rings. The highest BCUT2D eigenvalue weighted by atomic mass is 35.5. The van der Waals surface area contributed by atoms with Crippen molar-refractivity contribution in [3.8, 4) is 5.69 Å². The molecule has 38 heavy (non-hydrogen) atoms. The Bertz CT molecular complexity index is 1800. The molecule has 188 valence electrons. The van der Waals surface area contributed by atoms with Crippen molar-refractivity contribution in [1.29, 1.82) is 0 Å². The van der Waals surface area contributed by atoms with Gasteiger partial charge in [0.15, 0.2) is 0 Å². The van der Waals surface area contributed by atoms with Crippen LogP contribution in [0.2, 0.25) is 10.0 Å². The summed E-state index contributed by atoms with van der Waals surface area (Å²) in [6.07, 6.45) is 1.68. The Morgan fingerprint density at radius 1 is 0.895 bits per heavy atom. The molecule has 3 aromatic carbocycles. The summed E-state index contributed by atoms with van der Waals surface area (Å²) in [5.74, 6) is -1.34. The molecule has 0 bridgehead atoms. The molecule has 2 amide bonds. The average Bonchev–Trinajstić information content (AvgIpc) is 3.63. The van der Waals surface area contributed by atoms with E-state index in [0.717, 1.165) is 18.4 Å². The van der Waals surface area contributed by atoms with Gasteiger partial charge in [0.1, 0.15) is 11.4 Å². The van der Waals surface area contributed by atoms with Crippen LogP contribution in [0.5, 0.6) is 0 Å². The van der Waals surface area contributed by atoms with Crippen LogP contribution in [0.25, 0.3) is 16.6 Å². The van der Waals surface area contributed by atoms with E-state index in [1.165, 1.54) is 4.90 Å². The van der Waals surface area contributed by atoms with Gasteiger partial charge in [0.05, 0.1) is 44.2 Å². The van der Waals surface area contributed by atoms with Crippen LogP contribution in [-0.2, 0) is 15.1 Å². The SMILES string of the molecule is O=C1C2C3CCCN3C3(c4ccccc4-n4c3nc3ccccc3c4=O)C2C(=O)N1c1ccc(Cl)c(Cl)c1. The molecule has 4 aliphatic rings. The van der Waals surface area contributed by atoms with E-state index in [1.54, 1.807) is 28.8 Å². The molecule has 0 N–H and O–H groups in total. The second-order valence-electron chi connectivity index (χ2n) is 10.4. The zero-order valence-electron chi connectivity index (χ0n) is 20.0. The van der Waals surface area contributed by atoms with E-state index in [2.05, 4.69) is 4.90 Å². The molecule has 4 aliphatic heterocycles. The highest BCUT2D eigenvalue weighted by molar-refractivity contribution is 6.42. The molecule has 0 saturated carbocycles. The number of nitrogens with zero attached hydrogens (tertiary/aromatic N) is 4. The van der Waals surface area contributed by atoms with Gasteiger partial charge in [-0.15, -0.1) is 0 Å². The Kier molecular flexibility index (Phi) is 4.45. The largest absolute Gasteiger partial charge is 0.283 e. The number of halogens is 2. The number of hydrogen-bond donors (Lipinski definition) is 0. The number of amides is 2. The Hall–Kier alpha value is -3.52. The number of hydrogen-bond acceptors (Lipinski definition) is 5. The summed E-state index contributed by atoms with van der Waals surface area (Å²) in [6, 6.07) is 19.6. The van der Waals surface area contributed by atoms with Crippen molar-refractivity contribution >= 4 is 51.6 Å². The van der Waals surface area contributed by atoms with Gasteiger partial charge in [-0.25, -0.2) is 9.88 Å². The van der Waals surface area contributed by atoms with E-state index in [0.29, 0.717) is 39.7 Å². The Morgan fingerprint density at radius 3 is 2.53 bits per heavy atom. The number of benzene rings is 3. The first kappa shape index (κ1) is 22.5. The van der Waals surface area contributed by atoms with Crippen LogP contribution in [0, 0.1) is 11.8 Å². The number of fused-ring (bicyclic) bond motifs is 11. The van der Waals surface area contributed by atoms with Crippen LogP contribution in [0.15, 0.2) is 71.5 Å². The lowest BCUT2D eigenvalue weighted by Crippen LogP contribution is -2.51. The normalized spacial score (nSPS) is 27.3. The van der Waals surface area contributed by atoms with E-state index >= 15 is 0 Å². The van der Waals surface area contributed by atoms with Crippen molar-refractivity contribution in [3.63, 3.8) is 0 Å². The van der Waals surface area contributed by atoms with Crippen molar-refractivity contribution in [1.82, 2.24) is 14.5 Å². The van der Waals surface area contributed by atoms with Crippen LogP contribution < -0.4 is 10.5 Å². The number of anilines is 1. The predicted molar refractivity (Wildman–Crippen MR) is 144 cm³/mol. The summed E-state index contributed by atoms with van der Waals surface area (Å²) >= 11 is 12.4. The summed E-state index contributed by atoms with van der Waals surface area (Å²) < 4.78 is 1.66. The van der Waals surface area contributed by atoms with Gasteiger partial charge >= 0.3 is 0 Å². The molecule has 0 radical (unpaired) electrons. The molecule has 5 heterocycles. The molecule has 1 spiro atoms. The summed E-state index contributed by atoms with van der Waals surface area (Å²) in [7, 11) is 0. The molecule has 4 atom stereocenters. The minimum absolute atomic E-state index is 0.146. The number of para-hydroxylation sites is 2. The van der Waals surface area contributed by atoms with Crippen LogP contribution in [0.4, 0.5) is 5.69 Å². The van der Waals surface area contributed by atoms with Crippen LogP contribution in [0.3, 0.4) is 0 Å². The second-order valence-corrected chi connectivity index (χ2v) is 11.2. The lowest BCUT2D eigenvalue weighted by molar-refractivity contribution is -0.124. The summed E-state index contributed by atoms with van der Waals surface area (Å²) in [5.41, 5.74) is 1.32. The predicted octanol–water partition coefficient (Wildman–Crippen LogP) is 4.53. The highest BCUT2D eigenvalue weighted by Gasteiger charge is 2.73. The fourth-order valence-corrected chi connectivity index (χ4v) is 7.78. The molecule has 8 rings (SSSR count). The first-order valence-electron chi connectivity index (χ1n) is 12.7. The third-order valence-corrected chi connectivity index (χ3v) is 9.54. The van der Waals surface area contributed by atoms with Gasteiger partial charge in [0.2, 0.25) is 11.8 Å². The van der Waals surface area contributed by atoms with Gasteiger partial charge in [-0.2, -0.15) is 0 Å². The van der Waals surface area contributed by atoms with Gasteiger partial charge in [0, 0.05) is 11.6 Å². The fraction of sp³-hybridized carbons (Fsp3) is 0.241. The topological polar surface area (TPSA) is 75.5 Å². The smallest absolute Gasteiger partial charge is 0.266 e. The molecular formula is C29H20Cl2N4O3. The lowest BCUT2D eigenvalue weighted by Gasteiger charge is -2.38. The van der Waals surface area contributed by atoms with E-state index in [4.69, 9.17) is 28.2 Å². The number of aromatic nitrogens is 2. The van der Waals surface area contributed by atoms with E-state index in [1.807, 2.05) is 42.5 Å². The summed E-state index contributed by atoms with van der Waals surface area (Å²) in [4.78, 5) is 51.1. The second kappa shape index (κ2) is 7.53. The Labute approximate surface area is 227 Å². The van der Waals surface area contributed by atoms with Crippen molar-refractivity contribution in [2.45, 2.75) is 24.4 Å². The van der Waals surface area contributed by atoms with Crippen LogP contribution in [0.1, 0.15) is 24.2 Å². The summed E-state index contributed by atoms with van der Waals surface area (Å²) in [6.45, 7) is 0.710.